The largest absolute Gasteiger partial charge is 0.379 e. The topological polar surface area (TPSA) is 98.0 Å². The van der Waals surface area contributed by atoms with Crippen molar-refractivity contribution in [3.05, 3.63) is 30.3 Å². The molecule has 0 spiro atoms. The molecule has 4 N–H and O–H groups in total. The number of nitrogens with one attached hydrogen (secondary N) is 4. The molecule has 1 aromatic carbocycles. The fraction of sp³-hybridized carbons (Fsp3) is 0.609. The molecule has 1 aromatic rings. The standard InChI is InChI=1S/C23H34N6O3S/c30-21(26-17-4-2-1-3-5-17)7-6-19-15-25-22(31)20-14-18(16-29(19)20)27-23(33)24-8-9-28-10-12-32-13-11-28/h1-5,18-20H,6-16H2,(H,25,31)(H,26,30)(H2,24,27,33). The van der Waals surface area contributed by atoms with Crippen LogP contribution >= 0.6 is 12.2 Å². The SMILES string of the molecule is O=C(CCC1CNC(=O)C2CC(NC(=S)NCCN3CCOCC3)CN12)Nc1ccccc1. The molecule has 2 amide bonds. The second-order valence-electron chi connectivity index (χ2n) is 8.85. The lowest BCUT2D eigenvalue weighted by molar-refractivity contribution is -0.129. The number of nitrogens with zero attached hydrogens (tertiary/aromatic N) is 2. The zero-order chi connectivity index (χ0) is 23.0. The molecule has 10 heteroatoms. The van der Waals surface area contributed by atoms with Crippen molar-refractivity contribution >= 4 is 34.8 Å². The first-order valence-electron chi connectivity index (χ1n) is 11.8. The van der Waals surface area contributed by atoms with Crippen LogP contribution in [0.4, 0.5) is 5.69 Å². The molecule has 180 valence electrons. The number of fused-ring (bicyclic) bond motifs is 1. The summed E-state index contributed by atoms with van der Waals surface area (Å²) in [6.07, 6.45) is 1.83. The van der Waals surface area contributed by atoms with E-state index in [1.54, 1.807) is 0 Å². The van der Waals surface area contributed by atoms with Gasteiger partial charge in [-0.2, -0.15) is 0 Å². The molecule has 0 radical (unpaired) electrons. The third kappa shape index (κ3) is 6.86. The maximum atomic E-state index is 12.5. The van der Waals surface area contributed by atoms with E-state index in [-0.39, 0.29) is 29.9 Å². The molecule has 33 heavy (non-hydrogen) atoms. The Morgan fingerprint density at radius 3 is 2.79 bits per heavy atom. The van der Waals surface area contributed by atoms with Gasteiger partial charge in [-0.05, 0) is 37.2 Å². The predicted molar refractivity (Wildman–Crippen MR) is 131 cm³/mol. The molecule has 0 aliphatic carbocycles. The van der Waals surface area contributed by atoms with Gasteiger partial charge in [0.2, 0.25) is 11.8 Å². The van der Waals surface area contributed by atoms with Crippen LogP contribution in [0.15, 0.2) is 30.3 Å². The molecule has 3 aliphatic rings. The van der Waals surface area contributed by atoms with Crippen LogP contribution in [0.3, 0.4) is 0 Å². The minimum Gasteiger partial charge on any atom is -0.379 e. The van der Waals surface area contributed by atoms with Crippen LogP contribution in [0.1, 0.15) is 19.3 Å². The van der Waals surface area contributed by atoms with Crippen LogP contribution in [0.2, 0.25) is 0 Å². The Hall–Kier alpha value is -2.27. The summed E-state index contributed by atoms with van der Waals surface area (Å²) in [5.74, 6) is 0.0599. The number of amides is 2. The molecule has 0 bridgehead atoms. The average Bonchev–Trinajstić information content (AvgIpc) is 3.24. The Bertz CT molecular complexity index is 820. The Morgan fingerprint density at radius 2 is 2.00 bits per heavy atom. The average molecular weight is 475 g/mol. The molecule has 3 atom stereocenters. The molecule has 3 saturated heterocycles. The van der Waals surface area contributed by atoms with Crippen molar-refractivity contribution in [2.45, 2.75) is 37.4 Å². The lowest BCUT2D eigenvalue weighted by Crippen LogP contribution is -2.58. The second-order valence-corrected chi connectivity index (χ2v) is 9.26. The molecule has 3 heterocycles. The van der Waals surface area contributed by atoms with E-state index in [0.29, 0.717) is 30.9 Å². The van der Waals surface area contributed by atoms with Crippen molar-refractivity contribution in [1.82, 2.24) is 25.8 Å². The third-order valence-electron chi connectivity index (χ3n) is 6.54. The minimum absolute atomic E-state index is 0.00540. The Labute approximate surface area is 200 Å². The molecule has 3 aliphatic heterocycles. The second kappa shape index (κ2) is 11.7. The van der Waals surface area contributed by atoms with Crippen LogP contribution in [0.5, 0.6) is 0 Å². The van der Waals surface area contributed by atoms with Crippen LogP contribution in [0.25, 0.3) is 0 Å². The number of anilines is 1. The number of benzene rings is 1. The molecular formula is C23H34N6O3S. The Balaban J connectivity index is 1.21. The Morgan fingerprint density at radius 1 is 1.21 bits per heavy atom. The normalized spacial score (nSPS) is 25.7. The van der Waals surface area contributed by atoms with E-state index in [2.05, 4.69) is 31.1 Å². The van der Waals surface area contributed by atoms with Crippen molar-refractivity contribution < 1.29 is 14.3 Å². The zero-order valence-electron chi connectivity index (χ0n) is 18.9. The highest BCUT2D eigenvalue weighted by Gasteiger charge is 2.43. The molecule has 0 saturated carbocycles. The van der Waals surface area contributed by atoms with Crippen LogP contribution in [-0.4, -0.2) is 97.3 Å². The first-order valence-corrected chi connectivity index (χ1v) is 12.2. The summed E-state index contributed by atoms with van der Waals surface area (Å²) in [5, 5.41) is 13.3. The number of para-hydroxylation sites is 1. The summed E-state index contributed by atoms with van der Waals surface area (Å²) in [6.45, 7) is 6.53. The molecule has 0 aromatic heterocycles. The summed E-state index contributed by atoms with van der Waals surface area (Å²) in [4.78, 5) is 29.4. The van der Waals surface area contributed by atoms with Gasteiger partial charge in [0.1, 0.15) is 0 Å². The number of hydrogen-bond donors (Lipinski definition) is 4. The fourth-order valence-corrected chi connectivity index (χ4v) is 5.05. The van der Waals surface area contributed by atoms with E-state index in [4.69, 9.17) is 17.0 Å². The van der Waals surface area contributed by atoms with Gasteiger partial charge in [-0.1, -0.05) is 18.2 Å². The van der Waals surface area contributed by atoms with Gasteiger partial charge in [0.15, 0.2) is 5.11 Å². The van der Waals surface area contributed by atoms with Crippen molar-refractivity contribution in [1.29, 1.82) is 0 Å². The summed E-state index contributed by atoms with van der Waals surface area (Å²) in [6, 6.07) is 9.56. The van der Waals surface area contributed by atoms with Gasteiger partial charge < -0.3 is 26.0 Å². The quantitative estimate of drug-likeness (QED) is 0.395. The van der Waals surface area contributed by atoms with Gasteiger partial charge in [0, 0.05) is 63.5 Å². The molecule has 3 fully saturated rings. The molecule has 3 unspecified atom stereocenters. The van der Waals surface area contributed by atoms with Crippen molar-refractivity contribution in [2.24, 2.45) is 0 Å². The van der Waals surface area contributed by atoms with Crippen molar-refractivity contribution in [3.8, 4) is 0 Å². The minimum atomic E-state index is -0.172. The highest BCUT2D eigenvalue weighted by Crippen LogP contribution is 2.26. The lowest BCUT2D eigenvalue weighted by atomic mass is 10.0. The van der Waals surface area contributed by atoms with E-state index >= 15 is 0 Å². The number of piperazine rings is 1. The van der Waals surface area contributed by atoms with E-state index in [9.17, 15) is 9.59 Å². The summed E-state index contributed by atoms with van der Waals surface area (Å²) in [5.41, 5.74) is 0.803. The van der Waals surface area contributed by atoms with Gasteiger partial charge in [0.25, 0.3) is 0 Å². The van der Waals surface area contributed by atoms with E-state index in [1.807, 2.05) is 30.3 Å². The molecule has 4 rings (SSSR count). The van der Waals surface area contributed by atoms with Crippen LogP contribution in [-0.2, 0) is 14.3 Å². The van der Waals surface area contributed by atoms with Gasteiger partial charge in [-0.15, -0.1) is 0 Å². The smallest absolute Gasteiger partial charge is 0.237 e. The summed E-state index contributed by atoms with van der Waals surface area (Å²) in [7, 11) is 0. The first kappa shape index (κ1) is 23.9. The van der Waals surface area contributed by atoms with Gasteiger partial charge >= 0.3 is 0 Å². The molecular weight excluding hydrogens is 440 g/mol. The third-order valence-corrected chi connectivity index (χ3v) is 6.80. The number of carbonyl (C=O) groups is 2. The number of ether oxygens (including phenoxy) is 1. The van der Waals surface area contributed by atoms with Crippen LogP contribution in [0, 0.1) is 0 Å². The van der Waals surface area contributed by atoms with Crippen LogP contribution < -0.4 is 21.3 Å². The lowest BCUT2D eigenvalue weighted by Gasteiger charge is -2.37. The highest BCUT2D eigenvalue weighted by molar-refractivity contribution is 7.80. The van der Waals surface area contributed by atoms with E-state index in [1.165, 1.54) is 0 Å². The monoisotopic (exact) mass is 474 g/mol. The van der Waals surface area contributed by atoms with Gasteiger partial charge in [-0.3, -0.25) is 19.4 Å². The fourth-order valence-electron chi connectivity index (χ4n) is 4.78. The van der Waals surface area contributed by atoms with E-state index in [0.717, 1.165) is 51.6 Å². The number of hydrogen-bond acceptors (Lipinski definition) is 6. The number of carbonyl (C=O) groups excluding carboxylic acids is 2. The Kier molecular flexibility index (Phi) is 8.49. The molecule has 9 nitrogen and oxygen atoms in total. The summed E-state index contributed by atoms with van der Waals surface area (Å²) >= 11 is 5.49. The van der Waals surface area contributed by atoms with Gasteiger partial charge in [0.05, 0.1) is 19.3 Å². The maximum absolute atomic E-state index is 12.5. The van der Waals surface area contributed by atoms with Crippen molar-refractivity contribution in [2.75, 3.05) is 57.8 Å². The van der Waals surface area contributed by atoms with Gasteiger partial charge in [-0.25, -0.2) is 0 Å². The number of rotatable bonds is 8. The maximum Gasteiger partial charge on any atom is 0.237 e. The number of morpholine rings is 1. The zero-order valence-corrected chi connectivity index (χ0v) is 19.7. The van der Waals surface area contributed by atoms with E-state index < -0.39 is 0 Å². The number of thiocarbonyl (C=S) groups is 1. The summed E-state index contributed by atoms with van der Waals surface area (Å²) < 4.78 is 5.38. The highest BCUT2D eigenvalue weighted by atomic mass is 32.1. The predicted octanol–water partition coefficient (Wildman–Crippen LogP) is 0.143. The first-order chi connectivity index (χ1) is 16.1. The van der Waals surface area contributed by atoms with Crippen molar-refractivity contribution in [3.63, 3.8) is 0 Å².